The number of amides is 3. The predicted octanol–water partition coefficient (Wildman–Crippen LogP) is 0.0967. The summed E-state index contributed by atoms with van der Waals surface area (Å²) < 4.78 is 1.31. The second-order valence-corrected chi connectivity index (χ2v) is 6.34. The molecule has 1 aliphatic heterocycles. The van der Waals surface area contributed by atoms with E-state index in [-0.39, 0.29) is 5.56 Å². The number of H-pyrrole nitrogens is 1. The molecular weight excluding hydrogens is 352 g/mol. The summed E-state index contributed by atoms with van der Waals surface area (Å²) in [6.45, 7) is 0.402. The topological polar surface area (TPSA) is 161 Å². The third kappa shape index (κ3) is 5.28. The van der Waals surface area contributed by atoms with Gasteiger partial charge in [0, 0.05) is 12.7 Å². The largest absolute Gasteiger partial charge is 0.333 e. The van der Waals surface area contributed by atoms with E-state index in [0.717, 1.165) is 25.7 Å². The number of hydrogen-bond donors (Lipinski definition) is 3. The molecule has 2 heterocycles. The van der Waals surface area contributed by atoms with Crippen molar-refractivity contribution in [2.24, 2.45) is 5.92 Å². The summed E-state index contributed by atoms with van der Waals surface area (Å²) in [5, 5.41) is 22.6. The zero-order valence-electron chi connectivity index (χ0n) is 14.7. The Morgan fingerprint density at radius 2 is 1.74 bits per heavy atom. The third-order valence-electron chi connectivity index (χ3n) is 4.42. The molecular formula is C17H20N6O4. The molecule has 0 aromatic carbocycles. The van der Waals surface area contributed by atoms with Crippen molar-refractivity contribution in [3.8, 4) is 12.1 Å². The van der Waals surface area contributed by atoms with Gasteiger partial charge in [0.25, 0.3) is 5.56 Å². The van der Waals surface area contributed by atoms with Crippen LogP contribution in [0.2, 0.25) is 0 Å². The molecule has 1 aliphatic rings. The molecule has 142 valence electrons. The van der Waals surface area contributed by atoms with Crippen molar-refractivity contribution in [3.63, 3.8) is 0 Å². The number of aromatic amines is 1. The fourth-order valence-corrected chi connectivity index (χ4v) is 2.98. The molecule has 0 aliphatic carbocycles. The van der Waals surface area contributed by atoms with Crippen LogP contribution in [0.25, 0.3) is 0 Å². The number of rotatable bonds is 8. The first-order valence-corrected chi connectivity index (χ1v) is 8.71. The average Bonchev–Trinajstić information content (AvgIpc) is 2.62. The Morgan fingerprint density at radius 3 is 2.44 bits per heavy atom. The van der Waals surface area contributed by atoms with E-state index in [2.05, 4.69) is 15.6 Å². The number of nitriles is 2. The lowest BCUT2D eigenvalue weighted by atomic mass is 9.93. The molecule has 1 saturated heterocycles. The van der Waals surface area contributed by atoms with Crippen molar-refractivity contribution in [1.82, 2.24) is 20.2 Å². The van der Waals surface area contributed by atoms with Gasteiger partial charge in [-0.1, -0.05) is 25.7 Å². The van der Waals surface area contributed by atoms with Gasteiger partial charge in [-0.05, 0) is 12.8 Å². The Hall–Kier alpha value is -3.40. The van der Waals surface area contributed by atoms with Crippen molar-refractivity contribution in [2.45, 2.75) is 51.1 Å². The van der Waals surface area contributed by atoms with Crippen molar-refractivity contribution in [3.05, 3.63) is 32.6 Å². The molecule has 1 aromatic heterocycles. The first-order chi connectivity index (χ1) is 13.0. The number of urea groups is 1. The maximum Gasteiger partial charge on any atom is 0.328 e. The molecule has 2 unspecified atom stereocenters. The molecule has 3 N–H and O–H groups in total. The second-order valence-electron chi connectivity index (χ2n) is 6.34. The molecule has 0 radical (unpaired) electrons. The van der Waals surface area contributed by atoms with Gasteiger partial charge in [0.05, 0.1) is 12.1 Å². The Bertz CT molecular complexity index is 904. The number of imide groups is 1. The third-order valence-corrected chi connectivity index (χ3v) is 4.42. The summed E-state index contributed by atoms with van der Waals surface area (Å²) in [6, 6.07) is 2.62. The lowest BCUT2D eigenvalue weighted by Crippen LogP contribution is -2.57. The standard InChI is InChI=1S/C17H20N6O4/c18-8-11-10-23(17(27)22-14(11)24)7-5-3-1-2-4-6-13-12(9-19)15(25)21-16(26)20-13/h10,12-13H,1-7H2,(H,22,24,27)(H2,20,21,25,26). The van der Waals surface area contributed by atoms with Crippen LogP contribution in [0.15, 0.2) is 15.8 Å². The smallest absolute Gasteiger partial charge is 0.328 e. The number of unbranched alkanes of at least 4 members (excludes halogenated alkanes) is 4. The van der Waals surface area contributed by atoms with E-state index in [1.165, 1.54) is 10.8 Å². The quantitative estimate of drug-likeness (QED) is 0.548. The molecule has 2 rings (SSSR count). The van der Waals surface area contributed by atoms with Gasteiger partial charge < -0.3 is 5.32 Å². The van der Waals surface area contributed by atoms with E-state index in [4.69, 9.17) is 10.5 Å². The van der Waals surface area contributed by atoms with Gasteiger partial charge in [-0.2, -0.15) is 10.5 Å². The highest BCUT2D eigenvalue weighted by Crippen LogP contribution is 2.16. The SMILES string of the molecule is N#Cc1cn(CCCCCCCC2NC(=O)NC(=O)C2C#N)c(=O)[nH]c1=O. The minimum Gasteiger partial charge on any atom is -0.333 e. The number of aryl methyl sites for hydroxylation is 1. The lowest BCUT2D eigenvalue weighted by molar-refractivity contribution is -0.123. The van der Waals surface area contributed by atoms with Crippen LogP contribution in [0.4, 0.5) is 4.79 Å². The van der Waals surface area contributed by atoms with Gasteiger partial charge in [0.2, 0.25) is 5.91 Å². The lowest BCUT2D eigenvalue weighted by Gasteiger charge is -2.27. The first-order valence-electron chi connectivity index (χ1n) is 8.71. The van der Waals surface area contributed by atoms with E-state index in [1.807, 2.05) is 6.07 Å². The number of aromatic nitrogens is 2. The summed E-state index contributed by atoms with van der Waals surface area (Å²) in [5.74, 6) is -1.43. The molecule has 0 spiro atoms. The van der Waals surface area contributed by atoms with Crippen LogP contribution in [0.5, 0.6) is 0 Å². The monoisotopic (exact) mass is 372 g/mol. The highest BCUT2D eigenvalue weighted by molar-refractivity contribution is 5.99. The van der Waals surface area contributed by atoms with E-state index in [9.17, 15) is 19.2 Å². The highest BCUT2D eigenvalue weighted by Gasteiger charge is 2.34. The van der Waals surface area contributed by atoms with Crippen molar-refractivity contribution in [1.29, 1.82) is 10.5 Å². The van der Waals surface area contributed by atoms with Crippen LogP contribution in [-0.2, 0) is 11.3 Å². The Balaban J connectivity index is 1.70. The normalized spacial score (nSPS) is 18.9. The summed E-state index contributed by atoms with van der Waals surface area (Å²) >= 11 is 0. The van der Waals surface area contributed by atoms with Gasteiger partial charge in [-0.25, -0.2) is 9.59 Å². The second kappa shape index (κ2) is 9.34. The van der Waals surface area contributed by atoms with Crippen LogP contribution in [0.3, 0.4) is 0 Å². The molecule has 1 fully saturated rings. The van der Waals surface area contributed by atoms with Crippen molar-refractivity contribution < 1.29 is 9.59 Å². The maximum absolute atomic E-state index is 11.7. The van der Waals surface area contributed by atoms with E-state index in [0.29, 0.717) is 19.4 Å². The summed E-state index contributed by atoms with van der Waals surface area (Å²) in [5.41, 5.74) is -1.31. The molecule has 0 saturated carbocycles. The van der Waals surface area contributed by atoms with Crippen LogP contribution in [-0.4, -0.2) is 27.5 Å². The van der Waals surface area contributed by atoms with Gasteiger partial charge in [0.1, 0.15) is 17.6 Å². The molecule has 2 atom stereocenters. The van der Waals surface area contributed by atoms with E-state index < -0.39 is 35.1 Å². The first kappa shape index (κ1) is 19.9. The summed E-state index contributed by atoms with van der Waals surface area (Å²) in [7, 11) is 0. The molecule has 3 amide bonds. The highest BCUT2D eigenvalue weighted by atomic mass is 16.2. The van der Waals surface area contributed by atoms with E-state index >= 15 is 0 Å². The Morgan fingerprint density at radius 1 is 1.04 bits per heavy atom. The van der Waals surface area contributed by atoms with Gasteiger partial charge in [0.15, 0.2) is 0 Å². The molecule has 27 heavy (non-hydrogen) atoms. The van der Waals surface area contributed by atoms with Crippen LogP contribution in [0.1, 0.15) is 44.1 Å². The predicted molar refractivity (Wildman–Crippen MR) is 93.3 cm³/mol. The van der Waals surface area contributed by atoms with Gasteiger partial charge >= 0.3 is 11.7 Å². The number of nitrogens with zero attached hydrogens (tertiary/aromatic N) is 3. The Kier molecular flexibility index (Phi) is 6.89. The zero-order valence-corrected chi connectivity index (χ0v) is 14.7. The van der Waals surface area contributed by atoms with Crippen LogP contribution >= 0.6 is 0 Å². The van der Waals surface area contributed by atoms with E-state index in [1.54, 1.807) is 6.07 Å². The maximum atomic E-state index is 11.7. The molecule has 10 nitrogen and oxygen atoms in total. The van der Waals surface area contributed by atoms with Crippen molar-refractivity contribution in [2.75, 3.05) is 0 Å². The van der Waals surface area contributed by atoms with Gasteiger partial charge in [-0.15, -0.1) is 0 Å². The van der Waals surface area contributed by atoms with Crippen LogP contribution in [0, 0.1) is 28.6 Å². The van der Waals surface area contributed by atoms with Crippen LogP contribution < -0.4 is 21.9 Å². The zero-order chi connectivity index (χ0) is 19.8. The number of carbonyl (C=O) groups is 2. The minimum atomic E-state index is -0.871. The fraction of sp³-hybridized carbons (Fsp3) is 0.529. The van der Waals surface area contributed by atoms with Crippen molar-refractivity contribution >= 4 is 11.9 Å². The fourth-order valence-electron chi connectivity index (χ4n) is 2.98. The average molecular weight is 372 g/mol. The number of carbonyl (C=O) groups excluding carboxylic acids is 2. The number of hydrogen-bond acceptors (Lipinski definition) is 6. The molecule has 10 heteroatoms. The molecule has 1 aromatic rings. The Labute approximate surface area is 154 Å². The summed E-state index contributed by atoms with van der Waals surface area (Å²) in [6.07, 6.45) is 5.85. The number of nitrogens with one attached hydrogen (secondary N) is 3. The van der Waals surface area contributed by atoms with Gasteiger partial charge in [-0.3, -0.25) is 24.5 Å². The molecule has 0 bridgehead atoms. The summed E-state index contributed by atoms with van der Waals surface area (Å²) in [4.78, 5) is 48.0. The minimum absolute atomic E-state index is 0.0970.